The van der Waals surface area contributed by atoms with Crippen molar-refractivity contribution >= 4 is 5.82 Å². The van der Waals surface area contributed by atoms with E-state index in [2.05, 4.69) is 34.1 Å². The van der Waals surface area contributed by atoms with E-state index >= 15 is 0 Å². The van der Waals surface area contributed by atoms with Gasteiger partial charge < -0.3 is 5.43 Å². The summed E-state index contributed by atoms with van der Waals surface area (Å²) in [7, 11) is 0. The molecule has 0 bridgehead atoms. The number of hydrogen-bond acceptors (Lipinski definition) is 5. The zero-order valence-corrected chi connectivity index (χ0v) is 11.3. The van der Waals surface area contributed by atoms with Crippen LogP contribution in [0.5, 0.6) is 0 Å². The van der Waals surface area contributed by atoms with Gasteiger partial charge in [-0.2, -0.15) is 0 Å². The number of anilines is 1. The largest absolute Gasteiger partial charge is 0.307 e. The molecule has 0 radical (unpaired) electrons. The third kappa shape index (κ3) is 3.92. The van der Waals surface area contributed by atoms with E-state index in [0.717, 1.165) is 30.7 Å². The molecule has 2 rings (SSSR count). The van der Waals surface area contributed by atoms with Gasteiger partial charge in [-0.15, -0.1) is 0 Å². The first kappa shape index (κ1) is 13.2. The monoisotopic (exact) mass is 249 g/mol. The minimum absolute atomic E-state index is 0.610. The molecule has 1 aromatic rings. The Labute approximate surface area is 109 Å². The van der Waals surface area contributed by atoms with Gasteiger partial charge in [0.05, 0.1) is 18.1 Å². The van der Waals surface area contributed by atoms with Crippen LogP contribution in [0.25, 0.3) is 0 Å². The quantitative estimate of drug-likeness (QED) is 0.569. The van der Waals surface area contributed by atoms with Gasteiger partial charge in [-0.1, -0.05) is 13.8 Å². The molecule has 0 aromatic carbocycles. The Morgan fingerprint density at radius 2 is 2.17 bits per heavy atom. The summed E-state index contributed by atoms with van der Waals surface area (Å²) in [6.45, 7) is 6.59. The molecule has 3 N–H and O–H groups in total. The predicted octanol–water partition coefficient (Wildman–Crippen LogP) is 1.77. The lowest BCUT2D eigenvalue weighted by Crippen LogP contribution is -2.28. The van der Waals surface area contributed by atoms with Gasteiger partial charge in [0, 0.05) is 12.6 Å². The molecular weight excluding hydrogens is 226 g/mol. The Bertz CT molecular complexity index is 358. The molecule has 18 heavy (non-hydrogen) atoms. The van der Waals surface area contributed by atoms with E-state index in [1.165, 1.54) is 19.3 Å². The topological polar surface area (TPSA) is 67.1 Å². The van der Waals surface area contributed by atoms with Crippen LogP contribution in [-0.2, 0) is 6.54 Å². The van der Waals surface area contributed by atoms with Gasteiger partial charge in [0.2, 0.25) is 0 Å². The fourth-order valence-corrected chi connectivity index (χ4v) is 1.97. The van der Waals surface area contributed by atoms with E-state index in [4.69, 9.17) is 5.84 Å². The van der Waals surface area contributed by atoms with Crippen LogP contribution < -0.4 is 11.3 Å². The lowest BCUT2D eigenvalue weighted by molar-refractivity contribution is 0.236. The minimum Gasteiger partial charge on any atom is -0.307 e. The Morgan fingerprint density at radius 1 is 1.39 bits per heavy atom. The fraction of sp³-hybridized carbons (Fsp3) is 0.692. The summed E-state index contributed by atoms with van der Waals surface area (Å²) in [6, 6.07) is 0.762. The van der Waals surface area contributed by atoms with Crippen LogP contribution in [0.2, 0.25) is 0 Å². The molecule has 1 aliphatic rings. The first-order chi connectivity index (χ1) is 8.69. The van der Waals surface area contributed by atoms with Crippen molar-refractivity contribution in [3.63, 3.8) is 0 Å². The number of nitrogen functional groups attached to an aromatic ring is 1. The predicted molar refractivity (Wildman–Crippen MR) is 72.7 cm³/mol. The SMILES string of the molecule is CC(C)CCN(Cc1cnc(NN)cn1)C1CC1. The van der Waals surface area contributed by atoms with Crippen LogP contribution in [0.15, 0.2) is 12.4 Å². The lowest BCUT2D eigenvalue weighted by atomic mass is 10.1. The summed E-state index contributed by atoms with van der Waals surface area (Å²) in [5.41, 5.74) is 3.51. The first-order valence-electron chi connectivity index (χ1n) is 6.70. The molecule has 1 fully saturated rings. The van der Waals surface area contributed by atoms with Crippen molar-refractivity contribution in [1.82, 2.24) is 14.9 Å². The van der Waals surface area contributed by atoms with E-state index in [1.54, 1.807) is 12.4 Å². The number of nitrogens with zero attached hydrogens (tertiary/aromatic N) is 3. The summed E-state index contributed by atoms with van der Waals surface area (Å²) in [5.74, 6) is 6.64. The second-order valence-corrected chi connectivity index (χ2v) is 5.42. The molecule has 1 saturated carbocycles. The number of nitrogens with two attached hydrogens (primary N) is 1. The van der Waals surface area contributed by atoms with Crippen molar-refractivity contribution in [2.75, 3.05) is 12.0 Å². The van der Waals surface area contributed by atoms with Crippen LogP contribution in [0, 0.1) is 5.92 Å². The Hall–Kier alpha value is -1.20. The van der Waals surface area contributed by atoms with Crippen LogP contribution >= 0.6 is 0 Å². The van der Waals surface area contributed by atoms with Gasteiger partial charge in [0.1, 0.15) is 0 Å². The van der Waals surface area contributed by atoms with Crippen molar-refractivity contribution in [2.45, 2.75) is 45.7 Å². The molecule has 0 unspecified atom stereocenters. The van der Waals surface area contributed by atoms with Gasteiger partial charge in [-0.3, -0.25) is 9.88 Å². The summed E-state index contributed by atoms with van der Waals surface area (Å²) >= 11 is 0. The zero-order valence-electron chi connectivity index (χ0n) is 11.3. The van der Waals surface area contributed by atoms with Gasteiger partial charge in [0.25, 0.3) is 0 Å². The standard InChI is InChI=1S/C13H23N5/c1-10(2)5-6-18(12-3-4-12)9-11-7-16-13(17-14)8-15-11/h7-8,10,12H,3-6,9,14H2,1-2H3,(H,16,17). The maximum absolute atomic E-state index is 5.28. The van der Waals surface area contributed by atoms with E-state index in [9.17, 15) is 0 Å². The average Bonchev–Trinajstić information content (AvgIpc) is 3.19. The third-order valence-electron chi connectivity index (χ3n) is 3.28. The molecule has 1 aromatic heterocycles. The van der Waals surface area contributed by atoms with Crippen molar-refractivity contribution in [1.29, 1.82) is 0 Å². The first-order valence-corrected chi connectivity index (χ1v) is 6.70. The van der Waals surface area contributed by atoms with Crippen molar-refractivity contribution in [2.24, 2.45) is 11.8 Å². The molecule has 1 aliphatic carbocycles. The van der Waals surface area contributed by atoms with Gasteiger partial charge >= 0.3 is 0 Å². The highest BCUT2D eigenvalue weighted by atomic mass is 15.3. The summed E-state index contributed by atoms with van der Waals surface area (Å²) in [5, 5.41) is 0. The molecule has 5 heteroatoms. The van der Waals surface area contributed by atoms with E-state index in [0.29, 0.717) is 5.82 Å². The molecule has 0 atom stereocenters. The molecule has 0 amide bonds. The van der Waals surface area contributed by atoms with Crippen LogP contribution in [0.3, 0.4) is 0 Å². The molecule has 0 aliphatic heterocycles. The number of rotatable bonds is 7. The number of nitrogens with one attached hydrogen (secondary N) is 1. The van der Waals surface area contributed by atoms with Crippen molar-refractivity contribution in [3.05, 3.63) is 18.1 Å². The summed E-state index contributed by atoms with van der Waals surface area (Å²) in [4.78, 5) is 11.1. The third-order valence-corrected chi connectivity index (χ3v) is 3.28. The molecule has 100 valence electrons. The number of hydrazine groups is 1. The van der Waals surface area contributed by atoms with Gasteiger partial charge in [-0.25, -0.2) is 10.8 Å². The van der Waals surface area contributed by atoms with E-state index < -0.39 is 0 Å². The van der Waals surface area contributed by atoms with Crippen molar-refractivity contribution in [3.8, 4) is 0 Å². The normalized spacial score (nSPS) is 15.4. The molecule has 0 saturated heterocycles. The second kappa shape index (κ2) is 6.11. The molecule has 5 nitrogen and oxygen atoms in total. The zero-order chi connectivity index (χ0) is 13.0. The molecular formula is C13H23N5. The van der Waals surface area contributed by atoms with Crippen LogP contribution in [0.4, 0.5) is 5.82 Å². The Kier molecular flexibility index (Phi) is 4.49. The molecule has 1 heterocycles. The number of aromatic nitrogens is 2. The second-order valence-electron chi connectivity index (χ2n) is 5.42. The van der Waals surface area contributed by atoms with Gasteiger partial charge in [-0.05, 0) is 31.7 Å². The minimum atomic E-state index is 0.610. The number of hydrogen-bond donors (Lipinski definition) is 2. The van der Waals surface area contributed by atoms with E-state index in [1.807, 2.05) is 0 Å². The highest BCUT2D eigenvalue weighted by Gasteiger charge is 2.28. The van der Waals surface area contributed by atoms with Crippen LogP contribution in [0.1, 0.15) is 38.8 Å². The maximum atomic E-state index is 5.28. The Balaban J connectivity index is 1.90. The Morgan fingerprint density at radius 3 is 2.67 bits per heavy atom. The van der Waals surface area contributed by atoms with Crippen molar-refractivity contribution < 1.29 is 0 Å². The van der Waals surface area contributed by atoms with Gasteiger partial charge in [0.15, 0.2) is 5.82 Å². The molecule has 0 spiro atoms. The highest BCUT2D eigenvalue weighted by Crippen LogP contribution is 2.28. The smallest absolute Gasteiger partial charge is 0.158 e. The fourth-order valence-electron chi connectivity index (χ4n) is 1.97. The lowest BCUT2D eigenvalue weighted by Gasteiger charge is -2.22. The average molecular weight is 249 g/mol. The maximum Gasteiger partial charge on any atom is 0.158 e. The summed E-state index contributed by atoms with van der Waals surface area (Å²) < 4.78 is 0. The summed E-state index contributed by atoms with van der Waals surface area (Å²) in [6.07, 6.45) is 7.39. The van der Waals surface area contributed by atoms with E-state index in [-0.39, 0.29) is 0 Å². The highest BCUT2D eigenvalue weighted by molar-refractivity contribution is 5.28. The van der Waals surface area contributed by atoms with Crippen LogP contribution in [-0.4, -0.2) is 27.5 Å².